The highest BCUT2D eigenvalue weighted by atomic mass is 16.5. The Morgan fingerprint density at radius 2 is 2.00 bits per heavy atom. The number of hydrogen-bond donors (Lipinski definition) is 2. The molecule has 0 bridgehead atoms. The largest absolute Gasteiger partial charge is 0.507 e. The summed E-state index contributed by atoms with van der Waals surface area (Å²) in [7, 11) is 1.58. The average Bonchev–Trinajstić information content (AvgIpc) is 2.73. The Bertz CT molecular complexity index is 561. The fourth-order valence-electron chi connectivity index (χ4n) is 1.69. The summed E-state index contributed by atoms with van der Waals surface area (Å²) in [5.74, 6) is 1.53. The number of anilines is 1. The van der Waals surface area contributed by atoms with Crippen molar-refractivity contribution in [2.75, 3.05) is 12.8 Å². The lowest BCUT2D eigenvalue weighted by Gasteiger charge is -2.12. The second-order valence-corrected chi connectivity index (χ2v) is 3.84. The molecule has 17 heavy (non-hydrogen) atoms. The molecule has 2 aromatic rings. The molecule has 5 heteroatoms. The fourth-order valence-corrected chi connectivity index (χ4v) is 1.69. The summed E-state index contributed by atoms with van der Waals surface area (Å²) in [6.07, 6.45) is 0. The van der Waals surface area contributed by atoms with Gasteiger partial charge in [0.25, 0.3) is 0 Å². The molecular formula is C12H14N2O3. The lowest BCUT2D eigenvalue weighted by Crippen LogP contribution is -1.92. The van der Waals surface area contributed by atoms with E-state index in [-0.39, 0.29) is 11.6 Å². The second-order valence-electron chi connectivity index (χ2n) is 3.84. The first-order valence-electron chi connectivity index (χ1n) is 5.14. The minimum absolute atomic E-state index is 0.152. The molecule has 0 aliphatic rings. The first-order valence-corrected chi connectivity index (χ1v) is 5.14. The van der Waals surface area contributed by atoms with Crippen LogP contribution in [-0.2, 0) is 0 Å². The molecule has 1 aromatic heterocycles. The number of nitrogen functional groups attached to an aromatic ring is 1. The maximum atomic E-state index is 10.1. The van der Waals surface area contributed by atoms with Crippen LogP contribution in [0.3, 0.4) is 0 Å². The maximum Gasteiger partial charge on any atom is 0.172 e. The highest BCUT2D eigenvalue weighted by molar-refractivity contribution is 5.72. The number of aromatic nitrogens is 1. The molecule has 0 saturated heterocycles. The van der Waals surface area contributed by atoms with Crippen LogP contribution in [0.1, 0.15) is 11.1 Å². The van der Waals surface area contributed by atoms with Crippen LogP contribution < -0.4 is 10.5 Å². The van der Waals surface area contributed by atoms with Gasteiger partial charge in [-0.1, -0.05) is 5.16 Å². The molecule has 0 amide bonds. The predicted octanol–water partition coefficient (Wildman–Crippen LogP) is 2.25. The van der Waals surface area contributed by atoms with Crippen LogP contribution in [0, 0.1) is 13.8 Å². The number of benzene rings is 1. The third-order valence-electron chi connectivity index (χ3n) is 2.83. The molecule has 2 rings (SSSR count). The lowest BCUT2D eigenvalue weighted by molar-refractivity contribution is 0.405. The van der Waals surface area contributed by atoms with Crippen molar-refractivity contribution in [2.24, 2.45) is 0 Å². The molecule has 3 N–H and O–H groups in total. The second kappa shape index (κ2) is 4.01. The number of nitrogens with zero attached hydrogens (tertiary/aromatic N) is 1. The summed E-state index contributed by atoms with van der Waals surface area (Å²) < 4.78 is 10.3. The lowest BCUT2D eigenvalue weighted by atomic mass is 10.0. The van der Waals surface area contributed by atoms with E-state index in [1.165, 1.54) is 0 Å². The highest BCUT2D eigenvalue weighted by Crippen LogP contribution is 2.39. The van der Waals surface area contributed by atoms with Crippen LogP contribution in [0.5, 0.6) is 11.5 Å². The van der Waals surface area contributed by atoms with Gasteiger partial charge in [0, 0.05) is 6.07 Å². The topological polar surface area (TPSA) is 81.5 Å². The molecule has 0 spiro atoms. The quantitative estimate of drug-likeness (QED) is 0.832. The molecule has 1 aromatic carbocycles. The van der Waals surface area contributed by atoms with Crippen LogP contribution >= 0.6 is 0 Å². The summed E-state index contributed by atoms with van der Waals surface area (Å²) in [5.41, 5.74) is 7.64. The van der Waals surface area contributed by atoms with E-state index in [1.54, 1.807) is 19.2 Å². The van der Waals surface area contributed by atoms with Crippen molar-refractivity contribution in [1.82, 2.24) is 5.16 Å². The zero-order valence-corrected chi connectivity index (χ0v) is 9.94. The fraction of sp³-hybridized carbons (Fsp3) is 0.250. The van der Waals surface area contributed by atoms with Crippen LogP contribution in [-0.4, -0.2) is 17.4 Å². The summed E-state index contributed by atoms with van der Waals surface area (Å²) in [6, 6.07) is 3.26. The minimum Gasteiger partial charge on any atom is -0.507 e. The number of methoxy groups -OCH3 is 1. The van der Waals surface area contributed by atoms with E-state index in [0.29, 0.717) is 17.1 Å². The normalized spacial score (nSPS) is 10.5. The molecule has 0 radical (unpaired) electrons. The predicted molar refractivity (Wildman–Crippen MR) is 64.0 cm³/mol. The molecular weight excluding hydrogens is 220 g/mol. The van der Waals surface area contributed by atoms with Crippen molar-refractivity contribution in [1.29, 1.82) is 0 Å². The van der Waals surface area contributed by atoms with E-state index < -0.39 is 0 Å². The van der Waals surface area contributed by atoms with E-state index in [0.717, 1.165) is 11.1 Å². The van der Waals surface area contributed by atoms with E-state index in [1.807, 2.05) is 13.8 Å². The molecule has 0 aliphatic heterocycles. The Balaban J connectivity index is 2.66. The summed E-state index contributed by atoms with van der Waals surface area (Å²) >= 11 is 0. The zero-order valence-electron chi connectivity index (χ0n) is 9.94. The van der Waals surface area contributed by atoms with Gasteiger partial charge in [-0.3, -0.25) is 0 Å². The van der Waals surface area contributed by atoms with Crippen LogP contribution in [0.2, 0.25) is 0 Å². The Kier molecular flexibility index (Phi) is 2.67. The summed E-state index contributed by atoms with van der Waals surface area (Å²) in [4.78, 5) is 0. The number of ether oxygens (including phenoxy) is 1. The van der Waals surface area contributed by atoms with Crippen LogP contribution in [0.25, 0.3) is 11.3 Å². The molecule has 90 valence electrons. The van der Waals surface area contributed by atoms with Gasteiger partial charge >= 0.3 is 0 Å². The highest BCUT2D eigenvalue weighted by Gasteiger charge is 2.16. The van der Waals surface area contributed by atoms with Gasteiger partial charge in [0.1, 0.15) is 11.5 Å². The summed E-state index contributed by atoms with van der Waals surface area (Å²) in [5, 5.41) is 13.7. The van der Waals surface area contributed by atoms with Crippen molar-refractivity contribution in [2.45, 2.75) is 13.8 Å². The molecule has 5 nitrogen and oxygen atoms in total. The number of phenolic OH excluding ortho intramolecular Hbond substituents is 1. The Morgan fingerprint density at radius 1 is 1.29 bits per heavy atom. The van der Waals surface area contributed by atoms with Gasteiger partial charge in [0.05, 0.1) is 12.7 Å². The maximum absolute atomic E-state index is 10.1. The van der Waals surface area contributed by atoms with E-state index in [9.17, 15) is 5.11 Å². The van der Waals surface area contributed by atoms with Gasteiger partial charge in [-0.05, 0) is 31.0 Å². The third-order valence-corrected chi connectivity index (χ3v) is 2.83. The van der Waals surface area contributed by atoms with E-state index in [4.69, 9.17) is 15.0 Å². The van der Waals surface area contributed by atoms with Crippen molar-refractivity contribution < 1.29 is 14.4 Å². The smallest absolute Gasteiger partial charge is 0.172 e. The SMILES string of the molecule is COc1cc(-c2cc(N)no2)c(O)c(C)c1C. The first kappa shape index (κ1) is 11.3. The molecule has 0 fully saturated rings. The number of aromatic hydroxyl groups is 1. The van der Waals surface area contributed by atoms with Gasteiger partial charge in [0.2, 0.25) is 0 Å². The first-order chi connectivity index (χ1) is 8.04. The van der Waals surface area contributed by atoms with Crippen molar-refractivity contribution in [3.63, 3.8) is 0 Å². The standard InChI is InChI=1S/C12H14N2O3/c1-6-7(2)12(15)8(4-9(6)16-3)10-5-11(13)14-17-10/h4-5,15H,1-3H3,(H2,13,14). The molecule has 0 aliphatic carbocycles. The zero-order chi connectivity index (χ0) is 12.6. The number of phenols is 1. The van der Waals surface area contributed by atoms with Gasteiger partial charge in [0.15, 0.2) is 11.6 Å². The van der Waals surface area contributed by atoms with Crippen molar-refractivity contribution in [3.8, 4) is 22.8 Å². The van der Waals surface area contributed by atoms with Gasteiger partial charge in [-0.2, -0.15) is 0 Å². The third kappa shape index (κ3) is 1.80. The average molecular weight is 234 g/mol. The number of hydrogen-bond acceptors (Lipinski definition) is 5. The Hall–Kier alpha value is -2.17. The van der Waals surface area contributed by atoms with E-state index in [2.05, 4.69) is 5.16 Å². The molecule has 1 heterocycles. The number of nitrogens with two attached hydrogens (primary N) is 1. The molecule has 0 saturated carbocycles. The molecule has 0 unspecified atom stereocenters. The minimum atomic E-state index is 0.152. The van der Waals surface area contributed by atoms with Crippen LogP contribution in [0.15, 0.2) is 16.7 Å². The van der Waals surface area contributed by atoms with Gasteiger partial charge in [-0.25, -0.2) is 0 Å². The Morgan fingerprint density at radius 3 is 2.53 bits per heavy atom. The number of rotatable bonds is 2. The van der Waals surface area contributed by atoms with Gasteiger partial charge in [-0.15, -0.1) is 0 Å². The monoisotopic (exact) mass is 234 g/mol. The van der Waals surface area contributed by atoms with E-state index >= 15 is 0 Å². The Labute approximate surface area is 98.8 Å². The van der Waals surface area contributed by atoms with Crippen molar-refractivity contribution >= 4 is 5.82 Å². The van der Waals surface area contributed by atoms with Crippen molar-refractivity contribution in [3.05, 3.63) is 23.3 Å². The summed E-state index contributed by atoms with van der Waals surface area (Å²) in [6.45, 7) is 3.70. The van der Waals surface area contributed by atoms with Gasteiger partial charge < -0.3 is 20.1 Å². The van der Waals surface area contributed by atoms with Crippen LogP contribution in [0.4, 0.5) is 5.82 Å². The molecule has 0 atom stereocenters.